The van der Waals surface area contributed by atoms with Gasteiger partial charge in [0.15, 0.2) is 0 Å². The SMILES string of the molecule is CCN(C)C(=O)NCC(C)CO. The Morgan fingerprint density at radius 3 is 2.67 bits per heavy atom. The first kappa shape index (κ1) is 11.2. The van der Waals surface area contributed by atoms with E-state index in [4.69, 9.17) is 5.11 Å². The van der Waals surface area contributed by atoms with Crippen molar-refractivity contribution in [3.8, 4) is 0 Å². The monoisotopic (exact) mass is 174 g/mol. The lowest BCUT2D eigenvalue weighted by atomic mass is 10.2. The van der Waals surface area contributed by atoms with Crippen LogP contribution in [0.1, 0.15) is 13.8 Å². The summed E-state index contributed by atoms with van der Waals surface area (Å²) in [5, 5.41) is 11.4. The number of hydrogen-bond acceptors (Lipinski definition) is 2. The van der Waals surface area contributed by atoms with Crippen molar-refractivity contribution < 1.29 is 9.90 Å². The molecule has 1 unspecified atom stereocenters. The van der Waals surface area contributed by atoms with Crippen LogP contribution >= 0.6 is 0 Å². The van der Waals surface area contributed by atoms with Crippen LogP contribution in [-0.2, 0) is 0 Å². The van der Waals surface area contributed by atoms with Crippen molar-refractivity contribution in [2.24, 2.45) is 5.92 Å². The third-order valence-corrected chi connectivity index (χ3v) is 1.73. The summed E-state index contributed by atoms with van der Waals surface area (Å²) in [6, 6.07) is -0.0854. The zero-order chi connectivity index (χ0) is 9.56. The number of amides is 2. The summed E-state index contributed by atoms with van der Waals surface area (Å²) in [5.41, 5.74) is 0. The molecule has 0 saturated heterocycles. The third kappa shape index (κ3) is 4.18. The molecule has 4 nitrogen and oxygen atoms in total. The van der Waals surface area contributed by atoms with Gasteiger partial charge >= 0.3 is 6.03 Å². The minimum atomic E-state index is -0.0854. The molecule has 0 fully saturated rings. The van der Waals surface area contributed by atoms with E-state index >= 15 is 0 Å². The van der Waals surface area contributed by atoms with Crippen molar-refractivity contribution in [3.05, 3.63) is 0 Å². The molecule has 1 atom stereocenters. The molecule has 0 aliphatic carbocycles. The molecule has 0 rings (SSSR count). The van der Waals surface area contributed by atoms with E-state index in [0.717, 1.165) is 0 Å². The lowest BCUT2D eigenvalue weighted by Gasteiger charge is -2.16. The molecule has 0 aliphatic heterocycles. The number of nitrogens with one attached hydrogen (secondary N) is 1. The van der Waals surface area contributed by atoms with Crippen molar-refractivity contribution in [2.75, 3.05) is 26.7 Å². The quantitative estimate of drug-likeness (QED) is 0.643. The highest BCUT2D eigenvalue weighted by atomic mass is 16.3. The van der Waals surface area contributed by atoms with Gasteiger partial charge in [0, 0.05) is 26.7 Å². The van der Waals surface area contributed by atoms with Gasteiger partial charge in [-0.05, 0) is 12.8 Å². The summed E-state index contributed by atoms with van der Waals surface area (Å²) in [4.78, 5) is 12.7. The van der Waals surface area contributed by atoms with Gasteiger partial charge in [-0.2, -0.15) is 0 Å². The molecular formula is C8H18N2O2. The predicted molar refractivity (Wildman–Crippen MR) is 48.0 cm³/mol. The van der Waals surface area contributed by atoms with Crippen LogP contribution in [-0.4, -0.2) is 42.8 Å². The first-order chi connectivity index (χ1) is 5.61. The average Bonchev–Trinajstić information content (AvgIpc) is 2.11. The lowest BCUT2D eigenvalue weighted by Crippen LogP contribution is -2.39. The van der Waals surface area contributed by atoms with Gasteiger partial charge in [0.25, 0.3) is 0 Å². The van der Waals surface area contributed by atoms with E-state index < -0.39 is 0 Å². The second-order valence-electron chi connectivity index (χ2n) is 2.99. The summed E-state index contributed by atoms with van der Waals surface area (Å²) in [6.07, 6.45) is 0. The molecule has 2 N–H and O–H groups in total. The molecule has 0 radical (unpaired) electrons. The smallest absolute Gasteiger partial charge is 0.317 e. The van der Waals surface area contributed by atoms with E-state index in [-0.39, 0.29) is 18.6 Å². The molecule has 0 aromatic heterocycles. The Labute approximate surface area is 73.6 Å². The highest BCUT2D eigenvalue weighted by Crippen LogP contribution is 1.90. The van der Waals surface area contributed by atoms with E-state index in [1.807, 2.05) is 13.8 Å². The fourth-order valence-electron chi connectivity index (χ4n) is 0.605. The van der Waals surface area contributed by atoms with Gasteiger partial charge in [-0.15, -0.1) is 0 Å². The van der Waals surface area contributed by atoms with E-state index in [0.29, 0.717) is 13.1 Å². The first-order valence-corrected chi connectivity index (χ1v) is 4.21. The van der Waals surface area contributed by atoms with Crippen LogP contribution in [0.4, 0.5) is 4.79 Å². The molecule has 0 aromatic rings. The molecule has 0 spiro atoms. The van der Waals surface area contributed by atoms with Gasteiger partial charge in [-0.3, -0.25) is 0 Å². The molecule has 0 saturated carbocycles. The van der Waals surface area contributed by atoms with Crippen LogP contribution in [0.2, 0.25) is 0 Å². The molecule has 0 bridgehead atoms. The number of carbonyl (C=O) groups excluding carboxylic acids is 1. The minimum Gasteiger partial charge on any atom is -0.396 e. The maximum Gasteiger partial charge on any atom is 0.317 e. The Morgan fingerprint density at radius 1 is 1.67 bits per heavy atom. The zero-order valence-corrected chi connectivity index (χ0v) is 8.00. The zero-order valence-electron chi connectivity index (χ0n) is 8.00. The lowest BCUT2D eigenvalue weighted by molar-refractivity contribution is 0.201. The first-order valence-electron chi connectivity index (χ1n) is 4.21. The summed E-state index contributed by atoms with van der Waals surface area (Å²) in [5.74, 6) is 0.124. The van der Waals surface area contributed by atoms with Crippen molar-refractivity contribution in [2.45, 2.75) is 13.8 Å². The van der Waals surface area contributed by atoms with Gasteiger partial charge in [-0.25, -0.2) is 4.79 Å². The van der Waals surface area contributed by atoms with Crippen molar-refractivity contribution in [1.29, 1.82) is 0 Å². The molecule has 4 heteroatoms. The van der Waals surface area contributed by atoms with E-state index in [1.165, 1.54) is 0 Å². The Bertz CT molecular complexity index is 139. The van der Waals surface area contributed by atoms with E-state index in [2.05, 4.69) is 5.32 Å². The number of aliphatic hydroxyl groups excluding tert-OH is 1. The highest BCUT2D eigenvalue weighted by Gasteiger charge is 2.06. The normalized spacial score (nSPS) is 12.3. The average molecular weight is 174 g/mol. The maximum absolute atomic E-state index is 11.1. The number of nitrogens with zero attached hydrogens (tertiary/aromatic N) is 1. The Hall–Kier alpha value is -0.770. The second-order valence-corrected chi connectivity index (χ2v) is 2.99. The Balaban J connectivity index is 3.56. The van der Waals surface area contributed by atoms with Crippen LogP contribution in [0.5, 0.6) is 0 Å². The number of aliphatic hydroxyl groups is 1. The Kier molecular flexibility index (Phi) is 5.45. The molecule has 2 amide bonds. The van der Waals surface area contributed by atoms with Gasteiger partial charge < -0.3 is 15.3 Å². The van der Waals surface area contributed by atoms with Gasteiger partial charge in [0.2, 0.25) is 0 Å². The minimum absolute atomic E-state index is 0.0854. The molecule has 0 aromatic carbocycles. The fraction of sp³-hybridized carbons (Fsp3) is 0.875. The van der Waals surface area contributed by atoms with Crippen LogP contribution < -0.4 is 5.32 Å². The summed E-state index contributed by atoms with van der Waals surface area (Å²) in [7, 11) is 1.74. The number of rotatable bonds is 4. The van der Waals surface area contributed by atoms with Crippen molar-refractivity contribution >= 4 is 6.03 Å². The van der Waals surface area contributed by atoms with E-state index in [9.17, 15) is 4.79 Å². The third-order valence-electron chi connectivity index (χ3n) is 1.73. The van der Waals surface area contributed by atoms with Crippen LogP contribution in [0, 0.1) is 5.92 Å². The number of hydrogen-bond donors (Lipinski definition) is 2. The van der Waals surface area contributed by atoms with Gasteiger partial charge in [-0.1, -0.05) is 6.92 Å². The standard InChI is InChI=1S/C8H18N2O2/c1-4-10(3)8(12)9-5-7(2)6-11/h7,11H,4-6H2,1-3H3,(H,9,12). The number of carbonyl (C=O) groups is 1. The van der Waals surface area contributed by atoms with Gasteiger partial charge in [0.1, 0.15) is 0 Å². The number of urea groups is 1. The topological polar surface area (TPSA) is 52.6 Å². The summed E-state index contributed by atoms with van der Waals surface area (Å²) < 4.78 is 0. The van der Waals surface area contributed by atoms with Crippen LogP contribution in [0.3, 0.4) is 0 Å². The largest absolute Gasteiger partial charge is 0.396 e. The predicted octanol–water partition coefficient (Wildman–Crippen LogP) is 0.276. The van der Waals surface area contributed by atoms with Gasteiger partial charge in [0.05, 0.1) is 0 Å². The van der Waals surface area contributed by atoms with Crippen molar-refractivity contribution in [1.82, 2.24) is 10.2 Å². The molecule has 12 heavy (non-hydrogen) atoms. The second kappa shape index (κ2) is 5.83. The fourth-order valence-corrected chi connectivity index (χ4v) is 0.605. The van der Waals surface area contributed by atoms with E-state index in [1.54, 1.807) is 11.9 Å². The molecule has 0 aliphatic rings. The van der Waals surface area contributed by atoms with Crippen LogP contribution in [0.15, 0.2) is 0 Å². The maximum atomic E-state index is 11.1. The van der Waals surface area contributed by atoms with Crippen LogP contribution in [0.25, 0.3) is 0 Å². The summed E-state index contributed by atoms with van der Waals surface area (Å²) >= 11 is 0. The molecule has 72 valence electrons. The molecule has 0 heterocycles. The molecular weight excluding hydrogens is 156 g/mol. The van der Waals surface area contributed by atoms with Crippen molar-refractivity contribution in [3.63, 3.8) is 0 Å². The summed E-state index contributed by atoms with van der Waals surface area (Å²) in [6.45, 7) is 5.12. The highest BCUT2D eigenvalue weighted by molar-refractivity contribution is 5.73. The Morgan fingerprint density at radius 2 is 2.25 bits per heavy atom.